The van der Waals surface area contributed by atoms with E-state index in [1.807, 2.05) is 0 Å². The van der Waals surface area contributed by atoms with Crippen molar-refractivity contribution in [2.45, 2.75) is 49.3 Å². The van der Waals surface area contributed by atoms with Gasteiger partial charge in [-0.2, -0.15) is 0 Å². The number of alkyl halides is 2. The van der Waals surface area contributed by atoms with Gasteiger partial charge in [-0.3, -0.25) is 18.1 Å². The molecular weight excluding hydrogens is 668 g/mol. The van der Waals surface area contributed by atoms with Gasteiger partial charge in [-0.05, 0) is 18.2 Å². The highest BCUT2D eigenvalue weighted by Crippen LogP contribution is 2.59. The first-order chi connectivity index (χ1) is 20.9. The molecular formula is C21H24F2N10O7P2S2. The van der Waals surface area contributed by atoms with Gasteiger partial charge in [0.25, 0.3) is 0 Å². The average molecular weight is 693 g/mol. The Morgan fingerprint density at radius 2 is 1.55 bits per heavy atom. The molecule has 0 radical (unpaired) electrons. The van der Waals surface area contributed by atoms with E-state index in [0.29, 0.717) is 0 Å². The molecule has 7 rings (SSSR count). The Bertz CT molecular complexity index is 1710. The zero-order valence-corrected chi connectivity index (χ0v) is 25.7. The summed E-state index contributed by atoms with van der Waals surface area (Å²) in [5.74, 6) is -0.655. The van der Waals surface area contributed by atoms with E-state index in [1.165, 1.54) is 34.4 Å². The van der Waals surface area contributed by atoms with E-state index >= 15 is 8.78 Å². The monoisotopic (exact) mass is 692 g/mol. The molecule has 23 heteroatoms. The minimum absolute atomic E-state index is 0.0476. The highest BCUT2D eigenvalue weighted by molar-refractivity contribution is 8.44. The van der Waals surface area contributed by atoms with Crippen molar-refractivity contribution >= 4 is 71.5 Å². The lowest BCUT2D eigenvalue weighted by Crippen LogP contribution is -2.35. The van der Waals surface area contributed by atoms with Crippen molar-refractivity contribution in [1.82, 2.24) is 39.0 Å². The van der Waals surface area contributed by atoms with Crippen LogP contribution in [0.15, 0.2) is 25.3 Å². The molecule has 17 nitrogen and oxygen atoms in total. The van der Waals surface area contributed by atoms with Crippen LogP contribution in [0.25, 0.3) is 22.3 Å². The number of fused-ring (bicyclic) bond motifs is 4. The SMILES string of the molecule is Nc1ncnc2c1ncn2[C@@H]1CC2COP(O)(=S)O[C@@H]3C(COP(=O)(S)O[C@H]2[C@H]1F)O[C@@H](n1cnc2c(N)ncnc21)[C@@H]3F. The zero-order valence-electron chi connectivity index (χ0n) is 22.2. The number of aromatic nitrogens is 8. The Labute approximate surface area is 256 Å². The van der Waals surface area contributed by atoms with Crippen molar-refractivity contribution in [3.05, 3.63) is 25.3 Å². The first-order valence-electron chi connectivity index (χ1n) is 13.0. The molecule has 4 unspecified atom stereocenters. The van der Waals surface area contributed by atoms with Crippen molar-refractivity contribution in [3.8, 4) is 0 Å². The van der Waals surface area contributed by atoms with Gasteiger partial charge in [-0.25, -0.2) is 43.2 Å². The Morgan fingerprint density at radius 1 is 0.909 bits per heavy atom. The van der Waals surface area contributed by atoms with Gasteiger partial charge < -0.3 is 30.2 Å². The van der Waals surface area contributed by atoms with Crippen molar-refractivity contribution in [2.24, 2.45) is 5.92 Å². The second-order valence-corrected chi connectivity index (χ2v) is 16.0. The highest BCUT2D eigenvalue weighted by atomic mass is 32.7. The number of hydrogen-bond donors (Lipinski definition) is 4. The summed E-state index contributed by atoms with van der Waals surface area (Å²) in [4.78, 5) is 35.3. The van der Waals surface area contributed by atoms with E-state index in [-0.39, 0.29) is 40.4 Å². The minimum atomic E-state index is -4.30. The maximum absolute atomic E-state index is 16.1. The quantitative estimate of drug-likeness (QED) is 0.174. The number of thiol groups is 1. The van der Waals surface area contributed by atoms with Gasteiger partial charge >= 0.3 is 13.5 Å². The van der Waals surface area contributed by atoms with Crippen LogP contribution >= 0.6 is 25.8 Å². The second-order valence-electron chi connectivity index (χ2n) is 10.4. The summed E-state index contributed by atoms with van der Waals surface area (Å²) in [6.45, 7) is -9.45. The smallest absolute Gasteiger partial charge is 0.382 e. The predicted octanol–water partition coefficient (Wildman–Crippen LogP) is 2.04. The molecule has 4 aromatic heterocycles. The lowest BCUT2D eigenvalue weighted by Gasteiger charge is -2.29. The molecule has 236 valence electrons. The molecule has 1 aliphatic carbocycles. The van der Waals surface area contributed by atoms with Crippen LogP contribution in [0.3, 0.4) is 0 Å². The van der Waals surface area contributed by atoms with E-state index in [2.05, 4.69) is 42.2 Å². The summed E-state index contributed by atoms with van der Waals surface area (Å²) in [5, 5.41) is 0. The van der Waals surface area contributed by atoms with Gasteiger partial charge in [-0.1, -0.05) is 12.2 Å². The molecule has 2 saturated heterocycles. The minimum Gasteiger partial charge on any atom is -0.382 e. The van der Waals surface area contributed by atoms with Gasteiger partial charge in [0, 0.05) is 5.92 Å². The van der Waals surface area contributed by atoms with Gasteiger partial charge in [0.1, 0.15) is 48.2 Å². The van der Waals surface area contributed by atoms with Crippen LogP contribution in [0, 0.1) is 5.92 Å². The fourth-order valence-corrected chi connectivity index (χ4v) is 8.70. The normalized spacial score (nSPS) is 38.3. The maximum Gasteiger partial charge on any atom is 0.386 e. The van der Waals surface area contributed by atoms with Gasteiger partial charge in [0.05, 0.1) is 31.9 Å². The number of anilines is 2. The number of ether oxygens (including phenoxy) is 1. The topological polar surface area (TPSA) is 223 Å². The van der Waals surface area contributed by atoms with Crippen molar-refractivity contribution in [2.75, 3.05) is 24.7 Å². The van der Waals surface area contributed by atoms with Crippen LogP contribution in [0.4, 0.5) is 20.4 Å². The molecule has 0 amide bonds. The van der Waals surface area contributed by atoms with Crippen molar-refractivity contribution < 1.29 is 41.1 Å². The zero-order chi connectivity index (χ0) is 31.0. The summed E-state index contributed by atoms with van der Waals surface area (Å²) in [7, 11) is 0. The molecule has 44 heavy (non-hydrogen) atoms. The molecule has 3 fully saturated rings. The Morgan fingerprint density at radius 3 is 2.23 bits per heavy atom. The maximum atomic E-state index is 16.1. The third kappa shape index (κ3) is 5.28. The number of imidazole rings is 2. The van der Waals surface area contributed by atoms with Crippen LogP contribution in [0.2, 0.25) is 0 Å². The van der Waals surface area contributed by atoms with Gasteiger partial charge in [-0.15, -0.1) is 0 Å². The molecule has 5 N–H and O–H groups in total. The van der Waals surface area contributed by atoms with Crippen LogP contribution in [0.5, 0.6) is 0 Å². The standard InChI is InChI=1S/C21H24F2N10O7P2S2/c22-11-9(32-6-30-13-17(24)26-4-28-19(13)32)1-8-2-36-41(34,43)40-16-10(3-37-42(35,44)39-15(8)11)38-21(12(16)23)33-7-31-14-18(25)27-5-29-20(14)33/h4-12,15-16,21H,1-3H2,(H,34,43)(H,35,44)(H2,24,26,28)(H2,25,27,29)/t8?,9-,10?,11+,12-,15-,16-,21-,41?,42?/m1/s1. The van der Waals surface area contributed by atoms with Crippen molar-refractivity contribution in [1.29, 1.82) is 0 Å². The Hall–Kier alpha value is -2.45. The molecule has 6 heterocycles. The lowest BCUT2D eigenvalue weighted by molar-refractivity contribution is -0.0461. The number of hydrogen-bond acceptors (Lipinski definition) is 15. The summed E-state index contributed by atoms with van der Waals surface area (Å²) in [6.07, 6.45) is -4.35. The number of halogens is 2. The molecule has 1 saturated carbocycles. The first kappa shape index (κ1) is 30.2. The van der Waals surface area contributed by atoms with E-state index in [0.717, 1.165) is 0 Å². The second kappa shape index (κ2) is 11.1. The van der Waals surface area contributed by atoms with E-state index in [9.17, 15) is 9.46 Å². The highest BCUT2D eigenvalue weighted by Gasteiger charge is 2.53. The number of nitrogens with two attached hydrogens (primary N) is 2. The molecule has 4 aromatic rings. The lowest BCUT2D eigenvalue weighted by atomic mass is 10.1. The molecule has 10 atom stereocenters. The summed E-state index contributed by atoms with van der Waals surface area (Å²) in [5.41, 5.74) is 12.6. The third-order valence-electron chi connectivity index (χ3n) is 7.73. The first-order valence-corrected chi connectivity index (χ1v) is 18.3. The fraction of sp³-hybridized carbons (Fsp3) is 0.524. The molecule has 0 aromatic carbocycles. The van der Waals surface area contributed by atoms with Gasteiger partial charge in [0.2, 0.25) is 0 Å². The van der Waals surface area contributed by atoms with Crippen molar-refractivity contribution in [3.63, 3.8) is 0 Å². The molecule has 0 spiro atoms. The molecule has 3 aliphatic rings. The number of nitrogen functional groups attached to an aromatic ring is 2. The predicted molar refractivity (Wildman–Crippen MR) is 155 cm³/mol. The summed E-state index contributed by atoms with van der Waals surface area (Å²) >= 11 is 9.26. The number of nitrogens with zero attached hydrogens (tertiary/aromatic N) is 8. The van der Waals surface area contributed by atoms with E-state index in [1.54, 1.807) is 0 Å². The number of rotatable bonds is 2. The summed E-state index contributed by atoms with van der Waals surface area (Å²) < 4.78 is 76.4. The van der Waals surface area contributed by atoms with E-state index in [4.69, 9.17) is 46.1 Å². The van der Waals surface area contributed by atoms with Crippen LogP contribution < -0.4 is 11.5 Å². The van der Waals surface area contributed by atoms with Gasteiger partial charge in [0.15, 0.2) is 35.3 Å². The molecule has 2 aliphatic heterocycles. The Balaban J connectivity index is 1.17. The third-order valence-corrected chi connectivity index (χ3v) is 10.9. The van der Waals surface area contributed by atoms with Crippen LogP contribution in [-0.2, 0) is 39.2 Å². The summed E-state index contributed by atoms with van der Waals surface area (Å²) in [6, 6.07) is -0.926. The largest absolute Gasteiger partial charge is 0.386 e. The Kier molecular flexibility index (Phi) is 7.63. The molecule has 0 bridgehead atoms. The van der Waals surface area contributed by atoms with E-state index < -0.39 is 75.6 Å². The van der Waals surface area contributed by atoms with Crippen LogP contribution in [-0.4, -0.2) is 87.8 Å². The van der Waals surface area contributed by atoms with Crippen LogP contribution in [0.1, 0.15) is 18.7 Å². The average Bonchev–Trinajstić information content (AvgIpc) is 3.73. The fourth-order valence-electron chi connectivity index (χ4n) is 5.70.